The van der Waals surface area contributed by atoms with Crippen LogP contribution in [0.15, 0.2) is 48.5 Å². The summed E-state index contributed by atoms with van der Waals surface area (Å²) in [7, 11) is 0. The second kappa shape index (κ2) is 9.71. The number of benzene rings is 2. The van der Waals surface area contributed by atoms with Crippen LogP contribution in [-0.4, -0.2) is 9.97 Å². The van der Waals surface area contributed by atoms with Crippen molar-refractivity contribution in [3.05, 3.63) is 107 Å². The van der Waals surface area contributed by atoms with Gasteiger partial charge >= 0.3 is 21.1 Å². The van der Waals surface area contributed by atoms with Gasteiger partial charge in [-0.25, -0.2) is 8.78 Å². The van der Waals surface area contributed by atoms with E-state index in [9.17, 15) is 26.3 Å². The molecule has 2 heterocycles. The summed E-state index contributed by atoms with van der Waals surface area (Å²) in [5.41, 5.74) is -0.802. The van der Waals surface area contributed by atoms with Gasteiger partial charge in [-0.1, -0.05) is 35.4 Å². The summed E-state index contributed by atoms with van der Waals surface area (Å²) in [5, 5.41) is 0. The van der Waals surface area contributed by atoms with E-state index in [2.05, 4.69) is 22.1 Å². The minimum absolute atomic E-state index is 0. The summed E-state index contributed by atoms with van der Waals surface area (Å²) in [5.74, 6) is -8.82. The quantitative estimate of drug-likeness (QED) is 0.142. The van der Waals surface area contributed by atoms with Crippen LogP contribution in [0.25, 0.3) is 22.5 Å². The number of aromatic nitrogens is 2. The molecule has 2 aromatic heterocycles. The summed E-state index contributed by atoms with van der Waals surface area (Å²) >= 11 is 0. The second-order valence-corrected chi connectivity index (χ2v) is 7.72. The van der Waals surface area contributed by atoms with Gasteiger partial charge in [-0.3, -0.25) is 17.6 Å². The number of rotatable bonds is 4. The van der Waals surface area contributed by atoms with E-state index in [1.54, 1.807) is 38.1 Å². The molecule has 0 atom stereocenters. The molecule has 34 heavy (non-hydrogen) atoms. The topological polar surface area (TPSA) is 25.8 Å². The fourth-order valence-corrected chi connectivity index (χ4v) is 3.30. The summed E-state index contributed by atoms with van der Waals surface area (Å²) in [6.45, 7) is 3.48. The van der Waals surface area contributed by atoms with Crippen LogP contribution in [0.3, 0.4) is 0 Å². The van der Waals surface area contributed by atoms with Crippen molar-refractivity contribution in [2.75, 3.05) is 0 Å². The van der Waals surface area contributed by atoms with E-state index in [0.29, 0.717) is 23.5 Å². The Morgan fingerprint density at radius 1 is 0.618 bits per heavy atom. The van der Waals surface area contributed by atoms with Crippen LogP contribution >= 0.6 is 0 Å². The molecule has 0 fully saturated rings. The zero-order valence-electron chi connectivity index (χ0n) is 17.6. The smallest absolute Gasteiger partial charge is 0.300 e. The predicted octanol–water partition coefficient (Wildman–Crippen LogP) is 6.57. The van der Waals surface area contributed by atoms with E-state index in [0.717, 1.165) is 0 Å². The first-order valence-corrected chi connectivity index (χ1v) is 9.67. The van der Waals surface area contributed by atoms with Crippen LogP contribution in [-0.2, 0) is 26.5 Å². The van der Waals surface area contributed by atoms with E-state index in [1.165, 1.54) is 12.1 Å². The molecule has 0 N–H and O–H groups in total. The minimum Gasteiger partial charge on any atom is -0.300 e. The normalized spacial score (nSPS) is 11.3. The maximum Gasteiger partial charge on any atom is 2.00 e. The Morgan fingerprint density at radius 2 is 1.00 bits per heavy atom. The van der Waals surface area contributed by atoms with Gasteiger partial charge in [0.15, 0.2) is 0 Å². The van der Waals surface area contributed by atoms with Crippen molar-refractivity contribution in [1.82, 2.24) is 9.97 Å². The molecule has 0 saturated heterocycles. The van der Waals surface area contributed by atoms with Gasteiger partial charge in [-0.2, -0.15) is 0 Å². The Morgan fingerprint density at radius 3 is 1.38 bits per heavy atom. The van der Waals surface area contributed by atoms with Gasteiger partial charge in [0.1, 0.15) is 11.6 Å². The maximum absolute atomic E-state index is 14.2. The number of hydrogen-bond donors (Lipinski definition) is 0. The zero-order valence-corrected chi connectivity index (χ0v) is 19.9. The minimum atomic E-state index is -1.63. The van der Waals surface area contributed by atoms with Crippen molar-refractivity contribution in [3.8, 4) is 22.5 Å². The van der Waals surface area contributed by atoms with Crippen molar-refractivity contribution >= 4 is 0 Å². The SMILES string of the molecule is CC(C)(c1cccc(-c2[c-]cc(F)c(F)c2F)n1)c1cccc(-c2[c-]cc(F)c(F)c2F)n1.[Pt+2]. The van der Waals surface area contributed by atoms with E-state index in [-0.39, 0.29) is 43.6 Å². The molecule has 2 nitrogen and oxygen atoms in total. The molecule has 176 valence electrons. The maximum atomic E-state index is 14.2. The van der Waals surface area contributed by atoms with Crippen molar-refractivity contribution in [2.45, 2.75) is 19.3 Å². The fourth-order valence-electron chi connectivity index (χ4n) is 3.30. The predicted molar refractivity (Wildman–Crippen MR) is 109 cm³/mol. The Balaban J connectivity index is 0.00000324. The summed E-state index contributed by atoms with van der Waals surface area (Å²) in [4.78, 5) is 8.75. The monoisotopic (exact) mass is 651 g/mol. The summed E-state index contributed by atoms with van der Waals surface area (Å²) in [6.07, 6.45) is 0. The molecule has 0 aliphatic carbocycles. The summed E-state index contributed by atoms with van der Waals surface area (Å²) in [6, 6.07) is 15.3. The molecular formula is C25H14F6N2Pt. The van der Waals surface area contributed by atoms with Crippen molar-refractivity contribution in [3.63, 3.8) is 0 Å². The van der Waals surface area contributed by atoms with E-state index in [4.69, 9.17) is 0 Å². The van der Waals surface area contributed by atoms with Crippen LogP contribution in [0.2, 0.25) is 0 Å². The number of halogens is 6. The largest absolute Gasteiger partial charge is 2.00 e. The number of nitrogens with zero attached hydrogens (tertiary/aromatic N) is 2. The van der Waals surface area contributed by atoms with Crippen molar-refractivity contribution in [2.24, 2.45) is 0 Å². The van der Waals surface area contributed by atoms with Crippen LogP contribution < -0.4 is 0 Å². The molecule has 4 rings (SSSR count). The van der Waals surface area contributed by atoms with Crippen LogP contribution in [0.5, 0.6) is 0 Å². The molecule has 0 saturated carbocycles. The van der Waals surface area contributed by atoms with Gasteiger partial charge in [0.25, 0.3) is 0 Å². The average Bonchev–Trinajstić information content (AvgIpc) is 2.81. The standard InChI is InChI=1S/C25H14F6N2.Pt/c1-25(2,19-7-3-5-17(32-19)13-9-11-15(26)23(30)21(13)28)20-8-4-6-18(33-20)14-10-12-16(27)24(31)22(14)29;/h3-8,11-12H,1-2H3;/q-2;+2. The first-order valence-electron chi connectivity index (χ1n) is 9.67. The molecule has 9 heteroatoms. The third-order valence-corrected chi connectivity index (χ3v) is 5.22. The van der Waals surface area contributed by atoms with Gasteiger partial charge in [-0.15, -0.1) is 24.3 Å². The average molecular weight is 651 g/mol. The molecule has 0 bridgehead atoms. The van der Waals surface area contributed by atoms with Gasteiger partial charge < -0.3 is 9.97 Å². The molecule has 0 amide bonds. The first-order chi connectivity index (χ1) is 15.6. The Labute approximate surface area is 206 Å². The molecule has 0 radical (unpaired) electrons. The van der Waals surface area contributed by atoms with E-state index in [1.807, 2.05) is 0 Å². The molecule has 4 aromatic rings. The van der Waals surface area contributed by atoms with Crippen LogP contribution in [0, 0.1) is 47.0 Å². The van der Waals surface area contributed by atoms with Gasteiger partial charge in [-0.05, 0) is 37.4 Å². The first kappa shape index (κ1) is 25.6. The van der Waals surface area contributed by atoms with E-state index < -0.39 is 40.3 Å². The molecule has 2 aromatic carbocycles. The molecule has 0 aliphatic heterocycles. The Kier molecular flexibility index (Phi) is 7.32. The molecule has 0 aliphatic rings. The molecular weight excluding hydrogens is 637 g/mol. The fraction of sp³-hybridized carbons (Fsp3) is 0.120. The van der Waals surface area contributed by atoms with Crippen molar-refractivity contribution in [1.29, 1.82) is 0 Å². The van der Waals surface area contributed by atoms with Gasteiger partial charge in [0, 0.05) is 16.8 Å². The third-order valence-electron chi connectivity index (χ3n) is 5.22. The van der Waals surface area contributed by atoms with Gasteiger partial charge in [0.05, 0.1) is 23.3 Å². The zero-order chi connectivity index (χ0) is 23.9. The Bertz CT molecular complexity index is 1270. The second-order valence-electron chi connectivity index (χ2n) is 7.72. The van der Waals surface area contributed by atoms with Gasteiger partial charge in [0.2, 0.25) is 0 Å². The summed E-state index contributed by atoms with van der Waals surface area (Å²) < 4.78 is 82.4. The van der Waals surface area contributed by atoms with Crippen LogP contribution in [0.4, 0.5) is 26.3 Å². The Hall–Kier alpha value is -2.99. The third kappa shape index (κ3) is 4.51. The number of pyridine rings is 2. The van der Waals surface area contributed by atoms with Crippen LogP contribution in [0.1, 0.15) is 25.2 Å². The number of hydrogen-bond acceptors (Lipinski definition) is 2. The van der Waals surface area contributed by atoms with E-state index >= 15 is 0 Å². The molecule has 0 unspecified atom stereocenters. The molecule has 0 spiro atoms. The van der Waals surface area contributed by atoms with Crippen molar-refractivity contribution < 1.29 is 47.4 Å².